The number of carbonyl (C=O) groups is 1. The molecular formula is C20H26ClN5O2. The second-order valence-electron chi connectivity index (χ2n) is 7.03. The third-order valence-corrected chi connectivity index (χ3v) is 5.24. The van der Waals surface area contributed by atoms with E-state index in [4.69, 9.17) is 11.6 Å². The maximum Gasteiger partial charge on any atom is 0.407 e. The second-order valence-corrected chi connectivity index (χ2v) is 7.47. The number of hydrogen-bond acceptors (Lipinski definition) is 6. The number of aromatic nitrogens is 2. The van der Waals surface area contributed by atoms with Crippen molar-refractivity contribution in [3.8, 4) is 0 Å². The van der Waals surface area contributed by atoms with Crippen molar-refractivity contribution in [2.75, 3.05) is 17.7 Å². The number of nitrogens with one attached hydrogen (secondary N) is 3. The largest absolute Gasteiger partial charge is 0.453 e. The number of alkyl carbamates (subject to hydrolysis) is 1. The van der Waals surface area contributed by atoms with Crippen LogP contribution in [0.5, 0.6) is 0 Å². The maximum atomic E-state index is 11.3. The van der Waals surface area contributed by atoms with Crippen molar-refractivity contribution in [2.45, 2.75) is 50.7 Å². The first-order valence-electron chi connectivity index (χ1n) is 9.48. The summed E-state index contributed by atoms with van der Waals surface area (Å²) in [5, 5.41) is 10.5. The van der Waals surface area contributed by atoms with Gasteiger partial charge in [-0.15, -0.1) is 0 Å². The lowest BCUT2D eigenvalue weighted by atomic mass is 9.91. The number of carbonyl (C=O) groups excluding carboxylic acids is 1. The highest BCUT2D eigenvalue weighted by molar-refractivity contribution is 6.30. The summed E-state index contributed by atoms with van der Waals surface area (Å²) in [7, 11) is 1.39. The SMILES string of the molecule is COC(=O)NC1CCC(Nc2cc(N[C@@H](C)c3ccc(Cl)cc3)ncn2)CC1. The average Bonchev–Trinajstić information content (AvgIpc) is 2.70. The fourth-order valence-electron chi connectivity index (χ4n) is 3.39. The van der Waals surface area contributed by atoms with E-state index in [1.165, 1.54) is 7.11 Å². The summed E-state index contributed by atoms with van der Waals surface area (Å²) < 4.78 is 4.66. The number of ether oxygens (including phenoxy) is 1. The highest BCUT2D eigenvalue weighted by atomic mass is 35.5. The Hall–Kier alpha value is -2.54. The fourth-order valence-corrected chi connectivity index (χ4v) is 3.51. The standard InChI is InChI=1S/C20H26ClN5O2/c1-13(14-3-5-15(21)6-4-14)24-18-11-19(23-12-22-18)25-16-7-9-17(10-8-16)26-20(27)28-2/h3-6,11-13,16-17H,7-10H2,1-2H3,(H,26,27)(H2,22,23,24,25)/t13-,16?,17?/m0/s1. The van der Waals surface area contributed by atoms with Gasteiger partial charge in [0.05, 0.1) is 7.11 Å². The van der Waals surface area contributed by atoms with Crippen LogP contribution in [-0.4, -0.2) is 35.3 Å². The van der Waals surface area contributed by atoms with E-state index < -0.39 is 0 Å². The van der Waals surface area contributed by atoms with E-state index in [9.17, 15) is 4.79 Å². The van der Waals surface area contributed by atoms with Crippen molar-refractivity contribution < 1.29 is 9.53 Å². The highest BCUT2D eigenvalue weighted by Gasteiger charge is 2.23. The van der Waals surface area contributed by atoms with E-state index in [-0.39, 0.29) is 18.2 Å². The molecule has 3 N–H and O–H groups in total. The molecule has 1 aromatic heterocycles. The molecule has 1 aromatic carbocycles. The summed E-state index contributed by atoms with van der Waals surface area (Å²) in [5.74, 6) is 1.56. The van der Waals surface area contributed by atoms with Gasteiger partial charge >= 0.3 is 6.09 Å². The molecule has 1 amide bonds. The molecule has 150 valence electrons. The van der Waals surface area contributed by atoms with Gasteiger partial charge in [0, 0.05) is 29.2 Å². The zero-order valence-electron chi connectivity index (χ0n) is 16.1. The van der Waals surface area contributed by atoms with Crippen molar-refractivity contribution >= 4 is 29.3 Å². The minimum absolute atomic E-state index is 0.0971. The third kappa shape index (κ3) is 5.73. The van der Waals surface area contributed by atoms with Gasteiger partial charge in [-0.2, -0.15) is 0 Å². The Kier molecular flexibility index (Phi) is 6.92. The number of halogens is 1. The molecule has 28 heavy (non-hydrogen) atoms. The number of amides is 1. The van der Waals surface area contributed by atoms with Gasteiger partial charge in [-0.3, -0.25) is 0 Å². The molecule has 1 saturated carbocycles. The van der Waals surface area contributed by atoms with Crippen LogP contribution in [0.15, 0.2) is 36.7 Å². The summed E-state index contributed by atoms with van der Waals surface area (Å²) in [6.07, 6.45) is 4.94. The smallest absolute Gasteiger partial charge is 0.407 e. The van der Waals surface area contributed by atoms with Gasteiger partial charge < -0.3 is 20.7 Å². The molecular weight excluding hydrogens is 378 g/mol. The molecule has 1 aliphatic rings. The quantitative estimate of drug-likeness (QED) is 0.663. The van der Waals surface area contributed by atoms with Gasteiger partial charge in [-0.1, -0.05) is 23.7 Å². The van der Waals surface area contributed by atoms with Crippen LogP contribution >= 0.6 is 11.6 Å². The summed E-state index contributed by atoms with van der Waals surface area (Å²) in [6, 6.07) is 10.3. The molecule has 1 heterocycles. The molecule has 1 atom stereocenters. The van der Waals surface area contributed by atoms with Gasteiger partial charge in [-0.05, 0) is 50.3 Å². The molecule has 1 aliphatic carbocycles. The third-order valence-electron chi connectivity index (χ3n) is 4.99. The van der Waals surface area contributed by atoms with Gasteiger partial charge in [-0.25, -0.2) is 14.8 Å². The number of nitrogens with zero attached hydrogens (tertiary/aromatic N) is 2. The van der Waals surface area contributed by atoms with Crippen molar-refractivity contribution in [1.29, 1.82) is 0 Å². The first-order valence-corrected chi connectivity index (χ1v) is 9.86. The average molecular weight is 404 g/mol. The van der Waals surface area contributed by atoms with Crippen LogP contribution in [0, 0.1) is 0 Å². The zero-order valence-corrected chi connectivity index (χ0v) is 16.9. The molecule has 2 aromatic rings. The number of anilines is 2. The first-order chi connectivity index (χ1) is 13.5. The molecule has 0 saturated heterocycles. The highest BCUT2D eigenvalue weighted by Crippen LogP contribution is 2.24. The summed E-state index contributed by atoms with van der Waals surface area (Å²) in [6.45, 7) is 2.08. The molecule has 0 unspecified atom stereocenters. The monoisotopic (exact) mass is 403 g/mol. The van der Waals surface area contributed by atoms with Crippen LogP contribution in [0.2, 0.25) is 5.02 Å². The van der Waals surface area contributed by atoms with Crippen LogP contribution in [-0.2, 0) is 4.74 Å². The Balaban J connectivity index is 1.52. The maximum absolute atomic E-state index is 11.3. The minimum Gasteiger partial charge on any atom is -0.453 e. The minimum atomic E-state index is -0.363. The van der Waals surface area contributed by atoms with Gasteiger partial charge in [0.25, 0.3) is 0 Å². The Morgan fingerprint density at radius 2 is 1.75 bits per heavy atom. The molecule has 0 spiro atoms. The lowest BCUT2D eigenvalue weighted by Crippen LogP contribution is -2.40. The summed E-state index contributed by atoms with van der Waals surface area (Å²) in [5.41, 5.74) is 1.13. The van der Waals surface area contributed by atoms with Gasteiger partial charge in [0.1, 0.15) is 18.0 Å². The van der Waals surface area contributed by atoms with Crippen molar-refractivity contribution in [1.82, 2.24) is 15.3 Å². The van der Waals surface area contributed by atoms with E-state index in [2.05, 4.69) is 37.6 Å². The van der Waals surface area contributed by atoms with Gasteiger partial charge in [0.15, 0.2) is 0 Å². The van der Waals surface area contributed by atoms with Crippen molar-refractivity contribution in [2.24, 2.45) is 0 Å². The van der Waals surface area contributed by atoms with Crippen molar-refractivity contribution in [3.05, 3.63) is 47.2 Å². The Labute approximate surface area is 170 Å². The molecule has 0 bridgehead atoms. The molecule has 1 fully saturated rings. The lowest BCUT2D eigenvalue weighted by Gasteiger charge is -2.29. The lowest BCUT2D eigenvalue weighted by molar-refractivity contribution is 0.162. The van der Waals surface area contributed by atoms with Crippen LogP contribution in [0.4, 0.5) is 16.4 Å². The van der Waals surface area contributed by atoms with Crippen LogP contribution in [0.3, 0.4) is 0 Å². The Morgan fingerprint density at radius 1 is 1.11 bits per heavy atom. The number of methoxy groups -OCH3 is 1. The van der Waals surface area contributed by atoms with E-state index in [0.29, 0.717) is 6.04 Å². The molecule has 0 aliphatic heterocycles. The van der Waals surface area contributed by atoms with Crippen molar-refractivity contribution in [3.63, 3.8) is 0 Å². The first kappa shape index (κ1) is 20.2. The normalized spacial score (nSPS) is 20.1. The molecule has 8 heteroatoms. The topological polar surface area (TPSA) is 88.2 Å². The Morgan fingerprint density at radius 3 is 2.43 bits per heavy atom. The summed E-state index contributed by atoms with van der Waals surface area (Å²) in [4.78, 5) is 20.0. The van der Waals surface area contributed by atoms with Gasteiger partial charge in [0.2, 0.25) is 0 Å². The number of hydrogen-bond donors (Lipinski definition) is 3. The van der Waals surface area contributed by atoms with Crippen LogP contribution in [0.1, 0.15) is 44.2 Å². The summed E-state index contributed by atoms with van der Waals surface area (Å²) >= 11 is 5.95. The van der Waals surface area contributed by atoms with E-state index >= 15 is 0 Å². The zero-order chi connectivity index (χ0) is 19.9. The molecule has 7 nitrogen and oxygen atoms in total. The predicted octanol–water partition coefficient (Wildman–Crippen LogP) is 4.38. The van der Waals surface area contributed by atoms with E-state index in [1.807, 2.05) is 30.3 Å². The predicted molar refractivity (Wildman–Crippen MR) is 111 cm³/mol. The van der Waals surface area contributed by atoms with E-state index in [0.717, 1.165) is 47.9 Å². The Bertz CT molecular complexity index is 778. The molecule has 3 rings (SSSR count). The fraction of sp³-hybridized carbons (Fsp3) is 0.450. The van der Waals surface area contributed by atoms with Crippen LogP contribution < -0.4 is 16.0 Å². The van der Waals surface area contributed by atoms with E-state index in [1.54, 1.807) is 6.33 Å². The molecule has 0 radical (unpaired) electrons. The number of benzene rings is 1. The van der Waals surface area contributed by atoms with Crippen LogP contribution in [0.25, 0.3) is 0 Å². The number of rotatable bonds is 6. The second kappa shape index (κ2) is 9.59.